The molecule has 0 amide bonds. The molecule has 0 bridgehead atoms. The molecule has 0 aliphatic heterocycles. The standard InChI is InChI=1S/4C9H21N.4Ge.10Se/c4*1-4-7-10(8-5-2)9-6-3;;;;;;;;;;;;;;/h4*4-9H2,1-3H3;;;;;;;;;;;;;;/q;;;;;;;;;;;;;;4*-1/p+4. The third-order valence-corrected chi connectivity index (χ3v) is 7.24. The average Bonchev–Trinajstić information content (AvgIpc) is 2.92. The van der Waals surface area contributed by atoms with Crippen LogP contribution in [0.2, 0.25) is 0 Å². The van der Waals surface area contributed by atoms with Crippen LogP contribution in [0.5, 0.6) is 0 Å². The van der Waals surface area contributed by atoms with Gasteiger partial charge in [0.15, 0.2) is 0 Å². The molecule has 0 saturated carbocycles. The summed E-state index contributed by atoms with van der Waals surface area (Å²) < 4.78 is 0. The third kappa shape index (κ3) is 107. The zero-order valence-electron chi connectivity index (χ0n) is 37.1. The molecule has 32 radical (unpaired) electrons. The van der Waals surface area contributed by atoms with Crippen molar-refractivity contribution in [3.05, 3.63) is 0 Å². The van der Waals surface area contributed by atoms with Crippen molar-refractivity contribution in [2.24, 2.45) is 0 Å². The molecule has 4 nitrogen and oxygen atoms in total. The van der Waals surface area contributed by atoms with Crippen molar-refractivity contribution < 1.29 is 19.6 Å². The Balaban J connectivity index is -0.0000000184. The summed E-state index contributed by atoms with van der Waals surface area (Å²) in [5.74, 6) is 0. The van der Waals surface area contributed by atoms with Gasteiger partial charge in [-0.2, -0.15) is 0 Å². The van der Waals surface area contributed by atoms with Gasteiger partial charge in [-0.3, -0.25) is 0 Å². The van der Waals surface area contributed by atoms with Crippen LogP contribution in [0.15, 0.2) is 0 Å². The van der Waals surface area contributed by atoms with E-state index >= 15 is 0 Å². The Bertz CT molecular complexity index is 319. The van der Waals surface area contributed by atoms with Gasteiger partial charge in [0.2, 0.25) is 0 Å². The molecular formula is C36H88Ge4N4Se10. The SMILES string of the molecule is CCC[NH+](CCC)CCC.CCC[NH+](CCC)CCC.CCC[NH+](CCC)CCC.CCC[NH+](CCC)CCC.[Ge].[Ge].[Ge].[Ge].[Se-].[Se-].[Se-].[Se-].[Se].[Se].[Se].[Se].[Se].[Se]. The van der Waals surface area contributed by atoms with Gasteiger partial charge in [-0.1, -0.05) is 83.1 Å². The summed E-state index contributed by atoms with van der Waals surface area (Å²) in [5.41, 5.74) is 0. The molecule has 0 spiro atoms. The third-order valence-electron chi connectivity index (χ3n) is 7.24. The van der Waals surface area contributed by atoms with Gasteiger partial charge in [0.1, 0.15) is 0 Å². The van der Waals surface area contributed by atoms with E-state index in [2.05, 4.69) is 83.1 Å². The van der Waals surface area contributed by atoms with E-state index in [9.17, 15) is 0 Å². The molecule has 0 aromatic heterocycles. The van der Waals surface area contributed by atoms with Crippen LogP contribution in [0.1, 0.15) is 160 Å². The van der Waals surface area contributed by atoms with Crippen LogP contribution in [0.25, 0.3) is 0 Å². The summed E-state index contributed by atoms with van der Waals surface area (Å²) in [7, 11) is 0. The predicted molar refractivity (Wildman–Crippen MR) is 266 cm³/mol. The maximum Gasteiger partial charge on any atom is 0.0768 e. The molecule has 0 aliphatic rings. The quantitative estimate of drug-likeness (QED) is 0.0899. The monoisotopic (exact) mass is 1670 g/mol. The van der Waals surface area contributed by atoms with Gasteiger partial charge < -0.3 is 87.9 Å². The largest absolute Gasteiger partial charge is 1.00 e. The summed E-state index contributed by atoms with van der Waals surface area (Å²) in [5, 5.41) is 0. The van der Waals surface area contributed by atoms with Crippen LogP contribution in [-0.4, -0.2) is 320 Å². The average molecular weight is 1660 g/mol. The summed E-state index contributed by atoms with van der Waals surface area (Å²) in [6.45, 7) is 43.6. The first-order valence-electron chi connectivity index (χ1n) is 18.7. The van der Waals surface area contributed by atoms with Crippen LogP contribution < -0.4 is 19.6 Å². The Morgan fingerprint density at radius 1 is 0.185 bits per heavy atom. The summed E-state index contributed by atoms with van der Waals surface area (Å²) in [6.07, 6.45) is 15.9. The Kier molecular flexibility index (Phi) is 249. The van der Waals surface area contributed by atoms with Gasteiger partial charge in [0.05, 0.1) is 78.5 Å². The molecule has 0 unspecified atom stereocenters. The van der Waals surface area contributed by atoms with E-state index < -0.39 is 0 Å². The first-order valence-corrected chi connectivity index (χ1v) is 18.7. The second kappa shape index (κ2) is 113. The minimum Gasteiger partial charge on any atom is -1.00 e. The number of hydrogen-bond donors (Lipinski definition) is 4. The van der Waals surface area contributed by atoms with Crippen molar-refractivity contribution in [1.29, 1.82) is 0 Å². The van der Waals surface area contributed by atoms with E-state index in [0.29, 0.717) is 0 Å². The van der Waals surface area contributed by atoms with Gasteiger partial charge in [-0.15, -0.1) is 0 Å². The first-order chi connectivity index (χ1) is 19.4. The van der Waals surface area contributed by atoms with Crippen LogP contribution >= 0.6 is 0 Å². The van der Waals surface area contributed by atoms with Gasteiger partial charge in [-0.25, -0.2) is 0 Å². The van der Waals surface area contributed by atoms with E-state index in [4.69, 9.17) is 0 Å². The smallest absolute Gasteiger partial charge is 0.0768 e. The number of rotatable bonds is 24. The Hall–Kier alpha value is 7.21. The molecule has 0 aromatic rings. The first kappa shape index (κ1) is 119. The number of nitrogens with one attached hydrogen (secondary N) is 4. The molecule has 0 aliphatic carbocycles. The molecule has 0 saturated heterocycles. The summed E-state index contributed by atoms with van der Waals surface area (Å²) in [6, 6.07) is 0. The Morgan fingerprint density at radius 2 is 0.241 bits per heavy atom. The topological polar surface area (TPSA) is 17.8 Å². The molecule has 4 N–H and O–H groups in total. The number of quaternary nitrogens is 4. The molecule has 0 rings (SSSR count). The molecule has 328 valence electrons. The zero-order chi connectivity index (χ0) is 31.3. The normalized spacial score (nSPS) is 8.00. The Labute approximate surface area is 492 Å². The second-order valence-corrected chi connectivity index (χ2v) is 12.0. The molecule has 0 heterocycles. The van der Waals surface area contributed by atoms with Crippen LogP contribution in [-0.2, 0) is 0 Å². The van der Waals surface area contributed by atoms with Gasteiger partial charge in [-0.05, 0) is 77.0 Å². The molecule has 0 atom stereocenters. The van der Waals surface area contributed by atoms with Gasteiger partial charge >= 0.3 is 0 Å². The van der Waals surface area contributed by atoms with Crippen molar-refractivity contribution >= 4 is 241 Å². The Morgan fingerprint density at radius 3 is 0.278 bits per heavy atom. The van der Waals surface area contributed by atoms with Crippen LogP contribution in [0.4, 0.5) is 0 Å². The van der Waals surface area contributed by atoms with Crippen LogP contribution in [0.3, 0.4) is 0 Å². The van der Waals surface area contributed by atoms with Crippen molar-refractivity contribution in [1.82, 2.24) is 0 Å². The van der Waals surface area contributed by atoms with E-state index in [1.54, 1.807) is 19.6 Å². The molecular weight excluding hydrogens is 1570 g/mol. The minimum absolute atomic E-state index is 0. The van der Waals surface area contributed by atoms with Crippen molar-refractivity contribution in [2.75, 3.05) is 78.5 Å². The van der Waals surface area contributed by atoms with Crippen molar-refractivity contribution in [2.45, 2.75) is 160 Å². The van der Waals surface area contributed by atoms with Gasteiger partial charge in [0.25, 0.3) is 0 Å². The van der Waals surface area contributed by atoms with E-state index in [0.717, 1.165) is 0 Å². The fourth-order valence-corrected chi connectivity index (χ4v) is 5.74. The van der Waals surface area contributed by atoms with Gasteiger partial charge in [0, 0.05) is 173 Å². The van der Waals surface area contributed by atoms with Crippen LogP contribution in [0, 0.1) is 0 Å². The predicted octanol–water partition coefficient (Wildman–Crippen LogP) is -0.926. The van der Waals surface area contributed by atoms with E-state index in [1.165, 1.54) is 156 Å². The van der Waals surface area contributed by atoms with Crippen molar-refractivity contribution in [3.8, 4) is 0 Å². The maximum atomic E-state index is 2.27. The zero-order valence-corrected chi connectivity index (χ0v) is 62.6. The second-order valence-electron chi connectivity index (χ2n) is 12.0. The molecule has 0 aromatic carbocycles. The fourth-order valence-electron chi connectivity index (χ4n) is 5.74. The molecule has 54 heavy (non-hydrogen) atoms. The molecule has 18 heteroatoms. The van der Waals surface area contributed by atoms with E-state index in [-0.39, 0.29) is 241 Å². The fraction of sp³-hybridized carbons (Fsp3) is 1.00. The maximum absolute atomic E-state index is 2.27. The summed E-state index contributed by atoms with van der Waals surface area (Å²) in [4.78, 5) is 7.14. The summed E-state index contributed by atoms with van der Waals surface area (Å²) >= 11 is 0. The van der Waals surface area contributed by atoms with Crippen molar-refractivity contribution in [3.63, 3.8) is 0 Å². The minimum atomic E-state index is 0. The molecule has 0 fully saturated rings. The van der Waals surface area contributed by atoms with E-state index in [1.807, 2.05) is 0 Å². The number of hydrogen-bond acceptors (Lipinski definition) is 0.